The van der Waals surface area contributed by atoms with Gasteiger partial charge in [-0.3, -0.25) is 0 Å². The molecule has 0 amide bonds. The fraction of sp³-hybridized carbons (Fsp3) is 0.542. The van der Waals surface area contributed by atoms with Gasteiger partial charge >= 0.3 is 6.18 Å². The zero-order chi connectivity index (χ0) is 23.2. The van der Waals surface area contributed by atoms with Crippen molar-refractivity contribution in [2.75, 3.05) is 19.6 Å². The molecule has 2 atom stereocenters. The van der Waals surface area contributed by atoms with Crippen LogP contribution >= 0.6 is 0 Å². The molecule has 33 heavy (non-hydrogen) atoms. The number of benzene rings is 1. The van der Waals surface area contributed by atoms with Crippen molar-refractivity contribution in [3.8, 4) is 11.6 Å². The predicted octanol–water partition coefficient (Wildman–Crippen LogP) is 5.00. The molecule has 2 aromatic heterocycles. The summed E-state index contributed by atoms with van der Waals surface area (Å²) in [4.78, 5) is 6.62. The summed E-state index contributed by atoms with van der Waals surface area (Å²) in [6.45, 7) is 5.03. The van der Waals surface area contributed by atoms with Crippen LogP contribution in [0.25, 0.3) is 11.6 Å². The van der Waals surface area contributed by atoms with Crippen molar-refractivity contribution in [3.05, 3.63) is 53.3 Å². The van der Waals surface area contributed by atoms with E-state index in [4.69, 9.17) is 4.42 Å². The molecule has 5 rings (SSSR count). The van der Waals surface area contributed by atoms with Crippen molar-refractivity contribution >= 4 is 0 Å². The highest BCUT2D eigenvalue weighted by molar-refractivity contribution is 5.49. The first-order valence-corrected chi connectivity index (χ1v) is 11.5. The molecule has 0 bridgehead atoms. The summed E-state index contributed by atoms with van der Waals surface area (Å²) in [5, 5.41) is 8.59. The molecule has 0 radical (unpaired) electrons. The summed E-state index contributed by atoms with van der Waals surface area (Å²) in [6, 6.07) is 5.77. The molecule has 0 N–H and O–H groups in total. The van der Waals surface area contributed by atoms with E-state index in [1.807, 2.05) is 18.5 Å². The monoisotopic (exact) mass is 459 g/mol. The molecule has 2 fully saturated rings. The molecule has 6 nitrogen and oxygen atoms in total. The number of hydrogen-bond acceptors (Lipinski definition) is 5. The minimum atomic E-state index is -4.27. The number of hydrogen-bond donors (Lipinski definition) is 0. The van der Waals surface area contributed by atoms with Crippen LogP contribution in [0.5, 0.6) is 0 Å². The number of rotatable bonds is 7. The quantitative estimate of drug-likeness (QED) is 0.466. The highest BCUT2D eigenvalue weighted by Gasteiger charge is 2.57. The third-order valence-corrected chi connectivity index (χ3v) is 7.33. The molecule has 1 saturated carbocycles. The first kappa shape index (κ1) is 22.1. The van der Waals surface area contributed by atoms with E-state index in [-0.39, 0.29) is 5.41 Å². The van der Waals surface area contributed by atoms with Crippen molar-refractivity contribution in [1.82, 2.24) is 24.6 Å². The van der Waals surface area contributed by atoms with Crippen molar-refractivity contribution in [1.29, 1.82) is 0 Å². The second kappa shape index (κ2) is 8.27. The molecule has 1 spiro atoms. The predicted molar refractivity (Wildman–Crippen MR) is 116 cm³/mol. The lowest BCUT2D eigenvalue weighted by Crippen LogP contribution is -2.22. The van der Waals surface area contributed by atoms with E-state index in [1.165, 1.54) is 18.5 Å². The molecule has 1 unspecified atom stereocenters. The van der Waals surface area contributed by atoms with Crippen LogP contribution in [0.2, 0.25) is 0 Å². The maximum Gasteiger partial charge on any atom is 0.416 e. The van der Waals surface area contributed by atoms with Crippen LogP contribution in [0, 0.1) is 12.3 Å². The van der Waals surface area contributed by atoms with Gasteiger partial charge in [0.15, 0.2) is 12.2 Å². The highest BCUT2D eigenvalue weighted by atomic mass is 19.4. The molecule has 3 aromatic rings. The number of aryl methyl sites for hydroxylation is 2. The Balaban J connectivity index is 1.09. The van der Waals surface area contributed by atoms with Crippen molar-refractivity contribution in [3.63, 3.8) is 0 Å². The number of likely N-dealkylation sites (tertiary alicyclic amines) is 1. The van der Waals surface area contributed by atoms with Gasteiger partial charge in [0.1, 0.15) is 5.82 Å². The van der Waals surface area contributed by atoms with Gasteiger partial charge in [0, 0.05) is 20.0 Å². The Morgan fingerprint density at radius 2 is 1.94 bits per heavy atom. The van der Waals surface area contributed by atoms with Gasteiger partial charge in [0.2, 0.25) is 5.82 Å². The Morgan fingerprint density at radius 3 is 2.64 bits per heavy atom. The second-order valence-electron chi connectivity index (χ2n) is 9.49. The fourth-order valence-corrected chi connectivity index (χ4v) is 5.26. The van der Waals surface area contributed by atoms with Crippen LogP contribution in [0.4, 0.5) is 13.2 Å². The Morgan fingerprint density at radius 1 is 1.15 bits per heavy atom. The number of nitrogens with zero attached hydrogens (tertiary/aromatic N) is 5. The lowest BCUT2D eigenvalue weighted by molar-refractivity contribution is -0.137. The van der Waals surface area contributed by atoms with Crippen molar-refractivity contribution < 1.29 is 17.6 Å². The van der Waals surface area contributed by atoms with Crippen LogP contribution in [-0.4, -0.2) is 44.3 Å². The zero-order valence-electron chi connectivity index (χ0n) is 18.9. The summed E-state index contributed by atoms with van der Waals surface area (Å²) in [5.74, 6) is 2.68. The lowest BCUT2D eigenvalue weighted by atomic mass is 9.97. The standard InChI is InChI=1S/C24H28F3N5O/c1-16-21(33-15-28-16)22-30-29-20(31(22)2)5-3-4-11-32-12-10-23(14-32)13-19(23)17-6-8-18(9-7-17)24(25,26)27/h6-9,15,19H,3-5,10-14H2,1-2H3/t19?,23-/m0/s1. The van der Waals surface area contributed by atoms with Crippen molar-refractivity contribution in [2.45, 2.75) is 51.1 Å². The van der Waals surface area contributed by atoms with Crippen LogP contribution in [-0.2, 0) is 19.6 Å². The highest BCUT2D eigenvalue weighted by Crippen LogP contribution is 2.64. The molecular formula is C24H28F3N5O. The molecule has 2 aliphatic rings. The van der Waals surface area contributed by atoms with Crippen LogP contribution in [0.1, 0.15) is 54.2 Å². The maximum atomic E-state index is 12.8. The molecule has 1 aliphatic heterocycles. The average Bonchev–Trinajstić information content (AvgIpc) is 3.05. The van der Waals surface area contributed by atoms with E-state index in [0.29, 0.717) is 17.5 Å². The first-order chi connectivity index (χ1) is 15.8. The topological polar surface area (TPSA) is 60.0 Å². The van der Waals surface area contributed by atoms with E-state index in [9.17, 15) is 13.2 Å². The molecule has 176 valence electrons. The summed E-state index contributed by atoms with van der Waals surface area (Å²) in [6.07, 6.45) is 2.30. The van der Waals surface area contributed by atoms with Gasteiger partial charge in [-0.15, -0.1) is 10.2 Å². The molecule has 3 heterocycles. The minimum Gasteiger partial charge on any atom is -0.440 e. The number of aromatic nitrogens is 4. The number of unbranched alkanes of at least 4 members (excludes halogenated alkanes) is 1. The van der Waals surface area contributed by atoms with E-state index in [1.54, 1.807) is 12.1 Å². The van der Waals surface area contributed by atoms with Gasteiger partial charge in [-0.25, -0.2) is 4.98 Å². The molecule has 9 heteroatoms. The van der Waals surface area contributed by atoms with Crippen LogP contribution < -0.4 is 0 Å². The zero-order valence-corrected chi connectivity index (χ0v) is 18.9. The normalized spacial score (nSPS) is 23.0. The van der Waals surface area contributed by atoms with Crippen LogP contribution in [0.3, 0.4) is 0 Å². The second-order valence-corrected chi connectivity index (χ2v) is 9.49. The van der Waals surface area contributed by atoms with Crippen LogP contribution in [0.15, 0.2) is 35.1 Å². The summed E-state index contributed by atoms with van der Waals surface area (Å²) in [5.41, 5.74) is 1.53. The molecule has 1 saturated heterocycles. The van der Waals surface area contributed by atoms with Crippen molar-refractivity contribution in [2.24, 2.45) is 12.5 Å². The number of oxazole rings is 1. The van der Waals surface area contributed by atoms with E-state index >= 15 is 0 Å². The van der Waals surface area contributed by atoms with Gasteiger partial charge < -0.3 is 13.9 Å². The molecule has 1 aliphatic carbocycles. The summed E-state index contributed by atoms with van der Waals surface area (Å²) >= 11 is 0. The van der Waals surface area contributed by atoms with E-state index in [0.717, 1.165) is 68.8 Å². The van der Waals surface area contributed by atoms with Gasteiger partial charge in [0.05, 0.1) is 11.3 Å². The number of alkyl halides is 3. The van der Waals surface area contributed by atoms with E-state index < -0.39 is 11.7 Å². The Bertz CT molecular complexity index is 1120. The smallest absolute Gasteiger partial charge is 0.416 e. The van der Waals surface area contributed by atoms with Gasteiger partial charge in [0.25, 0.3) is 0 Å². The fourth-order valence-electron chi connectivity index (χ4n) is 5.26. The number of halogens is 3. The summed E-state index contributed by atoms with van der Waals surface area (Å²) < 4.78 is 45.9. The Labute approximate surface area is 190 Å². The van der Waals surface area contributed by atoms with Gasteiger partial charge in [-0.1, -0.05) is 12.1 Å². The first-order valence-electron chi connectivity index (χ1n) is 11.5. The molecular weight excluding hydrogens is 431 g/mol. The summed E-state index contributed by atoms with van der Waals surface area (Å²) in [7, 11) is 1.95. The van der Waals surface area contributed by atoms with Gasteiger partial charge in [-0.05, 0) is 74.7 Å². The van der Waals surface area contributed by atoms with E-state index in [2.05, 4.69) is 20.1 Å². The van der Waals surface area contributed by atoms with Gasteiger partial charge in [-0.2, -0.15) is 13.2 Å². The Hall–Kier alpha value is -2.68. The maximum absolute atomic E-state index is 12.8. The largest absolute Gasteiger partial charge is 0.440 e. The SMILES string of the molecule is Cc1ncoc1-c1nnc(CCCCN2CC[C@]3(CC3c3ccc(C(F)(F)F)cc3)C2)n1C. The lowest BCUT2D eigenvalue weighted by Gasteiger charge is -2.16. The minimum absolute atomic E-state index is 0.257. The third kappa shape index (κ3) is 4.30. The Kier molecular flexibility index (Phi) is 5.55. The molecule has 1 aromatic carbocycles. The average molecular weight is 460 g/mol. The third-order valence-electron chi connectivity index (χ3n) is 7.33.